The van der Waals surface area contributed by atoms with Gasteiger partial charge >= 0.3 is 5.97 Å². The van der Waals surface area contributed by atoms with E-state index in [9.17, 15) is 14.4 Å². The average molecular weight is 551 g/mol. The number of nitrogens with zero attached hydrogens (tertiary/aromatic N) is 1. The van der Waals surface area contributed by atoms with Crippen LogP contribution in [0.25, 0.3) is 6.08 Å². The second kappa shape index (κ2) is 10.3. The minimum absolute atomic E-state index is 0.270. The Morgan fingerprint density at radius 2 is 1.87 bits per heavy atom. The zero-order chi connectivity index (χ0) is 22.5. The van der Waals surface area contributed by atoms with Gasteiger partial charge in [0.05, 0.1) is 14.6 Å². The van der Waals surface area contributed by atoms with Crippen molar-refractivity contribution in [1.29, 1.82) is 0 Å². The van der Waals surface area contributed by atoms with Gasteiger partial charge in [0.25, 0.3) is 11.1 Å². The normalized spacial score (nSPS) is 15.1. The van der Waals surface area contributed by atoms with Crippen molar-refractivity contribution >= 4 is 57.5 Å². The van der Waals surface area contributed by atoms with Crippen molar-refractivity contribution in [2.45, 2.75) is 33.5 Å². The summed E-state index contributed by atoms with van der Waals surface area (Å²) in [5, 5.41) is -0.482. The molecule has 2 aromatic rings. The van der Waals surface area contributed by atoms with Gasteiger partial charge in [0, 0.05) is 0 Å². The molecule has 0 saturated carbocycles. The van der Waals surface area contributed by atoms with Crippen LogP contribution in [-0.4, -0.2) is 34.7 Å². The molecule has 0 spiro atoms. The third-order valence-electron chi connectivity index (χ3n) is 4.30. The molecular formula is C23H22INO5S. The molecule has 0 radical (unpaired) electrons. The van der Waals surface area contributed by atoms with Gasteiger partial charge in [-0.15, -0.1) is 0 Å². The summed E-state index contributed by atoms with van der Waals surface area (Å²) in [6, 6.07) is 13.7. The van der Waals surface area contributed by atoms with Gasteiger partial charge in [-0.1, -0.05) is 35.9 Å². The number of amides is 2. The average Bonchev–Trinajstić information content (AvgIpc) is 2.95. The van der Waals surface area contributed by atoms with Crippen molar-refractivity contribution in [3.63, 3.8) is 0 Å². The molecule has 1 saturated heterocycles. The van der Waals surface area contributed by atoms with E-state index in [1.807, 2.05) is 49.4 Å². The third kappa shape index (κ3) is 6.33. The van der Waals surface area contributed by atoms with Crippen molar-refractivity contribution in [2.24, 2.45) is 0 Å². The highest BCUT2D eigenvalue weighted by Gasteiger charge is 2.36. The number of hydrogen-bond acceptors (Lipinski definition) is 6. The number of benzene rings is 2. The number of aryl methyl sites for hydroxylation is 1. The topological polar surface area (TPSA) is 72.9 Å². The Morgan fingerprint density at radius 1 is 1.16 bits per heavy atom. The number of carbonyl (C=O) groups is 3. The van der Waals surface area contributed by atoms with Crippen LogP contribution in [0, 0.1) is 10.5 Å². The zero-order valence-electron chi connectivity index (χ0n) is 17.4. The van der Waals surface area contributed by atoms with Crippen molar-refractivity contribution in [3.8, 4) is 5.75 Å². The number of imide groups is 1. The largest absolute Gasteiger partial charge is 0.488 e. The monoisotopic (exact) mass is 551 g/mol. The maximum absolute atomic E-state index is 12.6. The Morgan fingerprint density at radius 3 is 2.52 bits per heavy atom. The molecule has 2 aromatic carbocycles. The predicted octanol–water partition coefficient (Wildman–Crippen LogP) is 5.17. The lowest BCUT2D eigenvalue weighted by Crippen LogP contribution is -2.35. The molecule has 0 unspecified atom stereocenters. The van der Waals surface area contributed by atoms with Crippen LogP contribution >= 0.6 is 34.4 Å². The molecule has 0 N–H and O–H groups in total. The minimum atomic E-state index is -0.608. The van der Waals surface area contributed by atoms with Crippen LogP contribution in [0.15, 0.2) is 47.4 Å². The summed E-state index contributed by atoms with van der Waals surface area (Å²) in [5.74, 6) is -0.364. The predicted molar refractivity (Wildman–Crippen MR) is 129 cm³/mol. The first-order valence-electron chi connectivity index (χ1n) is 9.65. The molecule has 6 nitrogen and oxygen atoms in total. The van der Waals surface area contributed by atoms with Crippen molar-refractivity contribution < 1.29 is 23.9 Å². The van der Waals surface area contributed by atoms with Gasteiger partial charge in [-0.2, -0.15) is 0 Å². The quantitative estimate of drug-likeness (QED) is 0.269. The minimum Gasteiger partial charge on any atom is -0.488 e. The highest BCUT2D eigenvalue weighted by atomic mass is 127. The van der Waals surface area contributed by atoms with Gasteiger partial charge in [0.1, 0.15) is 18.9 Å². The van der Waals surface area contributed by atoms with Crippen LogP contribution in [0.4, 0.5) is 4.79 Å². The molecule has 2 amide bonds. The SMILES string of the molecule is Cc1ccc(COc2ccc(/C=C3/SC(=O)N(CC(=O)OC(C)C)C3=O)cc2I)cc1. The molecule has 0 bridgehead atoms. The summed E-state index contributed by atoms with van der Waals surface area (Å²) in [4.78, 5) is 37.7. The number of ether oxygens (including phenoxy) is 2. The van der Waals surface area contributed by atoms with E-state index in [0.29, 0.717) is 6.61 Å². The van der Waals surface area contributed by atoms with Crippen LogP contribution in [0.2, 0.25) is 0 Å². The van der Waals surface area contributed by atoms with Gasteiger partial charge < -0.3 is 9.47 Å². The van der Waals surface area contributed by atoms with Crippen LogP contribution in [0.3, 0.4) is 0 Å². The Labute approximate surface area is 199 Å². The lowest BCUT2D eigenvalue weighted by molar-refractivity contribution is -0.149. The fourth-order valence-corrected chi connectivity index (χ4v) is 4.32. The van der Waals surface area contributed by atoms with Crippen LogP contribution in [-0.2, 0) is 20.9 Å². The maximum Gasteiger partial charge on any atom is 0.326 e. The Balaban J connectivity index is 1.67. The van der Waals surface area contributed by atoms with Crippen molar-refractivity contribution in [1.82, 2.24) is 4.90 Å². The summed E-state index contributed by atoms with van der Waals surface area (Å²) < 4.78 is 11.8. The third-order valence-corrected chi connectivity index (χ3v) is 6.05. The van der Waals surface area contributed by atoms with Gasteiger partial charge in [-0.05, 0) is 84.5 Å². The van der Waals surface area contributed by atoms with Crippen LogP contribution < -0.4 is 4.74 Å². The van der Waals surface area contributed by atoms with E-state index in [-0.39, 0.29) is 17.6 Å². The van der Waals surface area contributed by atoms with E-state index in [4.69, 9.17) is 9.47 Å². The second-order valence-corrected chi connectivity index (χ2v) is 9.43. The summed E-state index contributed by atoms with van der Waals surface area (Å²) in [6.07, 6.45) is 1.33. The van der Waals surface area contributed by atoms with Gasteiger partial charge in [-0.3, -0.25) is 19.3 Å². The maximum atomic E-state index is 12.6. The van der Waals surface area contributed by atoms with Gasteiger partial charge in [0.2, 0.25) is 0 Å². The van der Waals surface area contributed by atoms with E-state index < -0.39 is 17.1 Å². The van der Waals surface area contributed by atoms with E-state index in [2.05, 4.69) is 22.6 Å². The Hall–Kier alpha value is -2.33. The lowest BCUT2D eigenvalue weighted by atomic mass is 10.1. The lowest BCUT2D eigenvalue weighted by Gasteiger charge is -2.13. The standard InChI is InChI=1S/C23H22INO5S/c1-14(2)30-21(26)12-25-22(27)20(31-23(25)28)11-17-8-9-19(18(24)10-17)29-13-16-6-4-15(3)5-7-16/h4-11,14H,12-13H2,1-3H3/b20-11+. The molecule has 0 aromatic heterocycles. The van der Waals surface area contributed by atoms with E-state index >= 15 is 0 Å². The van der Waals surface area contributed by atoms with Crippen LogP contribution in [0.1, 0.15) is 30.5 Å². The molecule has 1 aliphatic rings. The Bertz CT molecular complexity index is 1030. The molecule has 1 heterocycles. The van der Waals surface area contributed by atoms with Crippen molar-refractivity contribution in [2.75, 3.05) is 6.54 Å². The summed E-state index contributed by atoms with van der Waals surface area (Å²) in [5.41, 5.74) is 3.04. The van der Waals surface area contributed by atoms with Gasteiger partial charge in [-0.25, -0.2) is 0 Å². The summed E-state index contributed by atoms with van der Waals surface area (Å²) in [6.45, 7) is 5.53. The number of halogens is 1. The molecule has 0 atom stereocenters. The Kier molecular flexibility index (Phi) is 7.77. The first-order valence-corrected chi connectivity index (χ1v) is 11.5. The fraction of sp³-hybridized carbons (Fsp3) is 0.261. The number of rotatable bonds is 7. The fourth-order valence-electron chi connectivity index (χ4n) is 2.79. The molecular weight excluding hydrogens is 529 g/mol. The summed E-state index contributed by atoms with van der Waals surface area (Å²) in [7, 11) is 0. The van der Waals surface area contributed by atoms with Crippen molar-refractivity contribution in [3.05, 3.63) is 67.6 Å². The first-order chi connectivity index (χ1) is 14.7. The molecule has 8 heteroatoms. The smallest absolute Gasteiger partial charge is 0.326 e. The second-order valence-electron chi connectivity index (χ2n) is 7.27. The molecule has 0 aliphatic carbocycles. The molecule has 31 heavy (non-hydrogen) atoms. The molecule has 1 fully saturated rings. The van der Waals surface area contributed by atoms with E-state index in [0.717, 1.165) is 37.1 Å². The molecule has 1 aliphatic heterocycles. The molecule has 162 valence electrons. The summed E-state index contributed by atoms with van der Waals surface area (Å²) >= 11 is 2.99. The number of hydrogen-bond donors (Lipinski definition) is 0. The zero-order valence-corrected chi connectivity index (χ0v) is 20.4. The number of thioether (sulfide) groups is 1. The molecule has 3 rings (SSSR count). The number of esters is 1. The van der Waals surface area contributed by atoms with Crippen LogP contribution in [0.5, 0.6) is 5.75 Å². The highest BCUT2D eigenvalue weighted by Crippen LogP contribution is 2.33. The van der Waals surface area contributed by atoms with Gasteiger partial charge in [0.15, 0.2) is 0 Å². The highest BCUT2D eigenvalue weighted by molar-refractivity contribution is 14.1. The first kappa shape index (κ1) is 23.3. The van der Waals surface area contributed by atoms with E-state index in [1.165, 1.54) is 5.56 Å². The van der Waals surface area contributed by atoms with E-state index in [1.54, 1.807) is 19.9 Å². The number of carbonyl (C=O) groups excluding carboxylic acids is 3.